The van der Waals surface area contributed by atoms with Crippen LogP contribution >= 0.6 is 0 Å². The third-order valence-electron chi connectivity index (χ3n) is 2.12. The zero-order valence-electron chi connectivity index (χ0n) is 10.6. The van der Waals surface area contributed by atoms with Gasteiger partial charge in [0.2, 0.25) is 10.0 Å². The number of carbonyl (C=O) groups excluding carboxylic acids is 1. The summed E-state index contributed by atoms with van der Waals surface area (Å²) < 4.78 is 26.0. The Morgan fingerprint density at radius 1 is 1.42 bits per heavy atom. The van der Waals surface area contributed by atoms with Gasteiger partial charge in [-0.3, -0.25) is 0 Å². The van der Waals surface area contributed by atoms with Gasteiger partial charge in [0.15, 0.2) is 0 Å². The van der Waals surface area contributed by atoms with Gasteiger partial charge >= 0.3 is 12.0 Å². The van der Waals surface area contributed by atoms with Gasteiger partial charge in [-0.05, 0) is 12.8 Å². The van der Waals surface area contributed by atoms with Crippen molar-refractivity contribution in [2.45, 2.75) is 18.9 Å². The predicted molar refractivity (Wildman–Crippen MR) is 67.0 cm³/mol. The van der Waals surface area contributed by atoms with Crippen molar-refractivity contribution in [3.05, 3.63) is 0 Å². The van der Waals surface area contributed by atoms with Crippen molar-refractivity contribution >= 4 is 22.0 Å². The second-order valence-corrected chi connectivity index (χ2v) is 5.53. The first kappa shape index (κ1) is 17.6. The van der Waals surface area contributed by atoms with E-state index in [9.17, 15) is 18.0 Å². The van der Waals surface area contributed by atoms with E-state index in [1.807, 2.05) is 0 Å². The van der Waals surface area contributed by atoms with E-state index in [4.69, 9.17) is 15.0 Å². The number of methoxy groups -OCH3 is 1. The quantitative estimate of drug-likeness (QED) is 0.379. The van der Waals surface area contributed by atoms with Crippen LogP contribution in [0.5, 0.6) is 0 Å². The highest BCUT2D eigenvalue weighted by molar-refractivity contribution is 7.89. The Morgan fingerprint density at radius 2 is 2.05 bits per heavy atom. The lowest BCUT2D eigenvalue weighted by Gasteiger charge is -2.14. The largest absolute Gasteiger partial charge is 0.480 e. The summed E-state index contributed by atoms with van der Waals surface area (Å²) in [6.45, 7) is 0.202. The minimum Gasteiger partial charge on any atom is -0.480 e. The van der Waals surface area contributed by atoms with Gasteiger partial charge in [-0.25, -0.2) is 23.1 Å². The summed E-state index contributed by atoms with van der Waals surface area (Å²) in [6.07, 6.45) is 0.691. The number of hydrogen-bond donors (Lipinski definition) is 4. The van der Waals surface area contributed by atoms with Crippen molar-refractivity contribution in [1.29, 1.82) is 0 Å². The van der Waals surface area contributed by atoms with Crippen molar-refractivity contribution < 1.29 is 27.9 Å². The molecule has 0 rings (SSSR count). The van der Waals surface area contributed by atoms with E-state index in [0.29, 0.717) is 13.0 Å². The van der Waals surface area contributed by atoms with E-state index < -0.39 is 33.8 Å². The van der Waals surface area contributed by atoms with E-state index in [1.165, 1.54) is 7.11 Å². The average Bonchev–Trinajstić information content (AvgIpc) is 2.26. The summed E-state index contributed by atoms with van der Waals surface area (Å²) in [5, 5.41) is 18.1. The van der Waals surface area contributed by atoms with Crippen LogP contribution in [-0.2, 0) is 19.6 Å². The number of aliphatic carboxylic acids is 1. The van der Waals surface area contributed by atoms with Gasteiger partial charge in [-0.2, -0.15) is 0 Å². The number of nitrogens with one attached hydrogen (secondary N) is 2. The van der Waals surface area contributed by atoms with E-state index in [0.717, 1.165) is 0 Å². The van der Waals surface area contributed by atoms with Crippen LogP contribution in [0.2, 0.25) is 0 Å². The van der Waals surface area contributed by atoms with Gasteiger partial charge in [0.05, 0.1) is 5.75 Å². The van der Waals surface area contributed by atoms with Crippen LogP contribution < -0.4 is 15.8 Å². The molecule has 19 heavy (non-hydrogen) atoms. The Kier molecular flexibility index (Phi) is 8.03. The number of sulfonamides is 1. The molecule has 0 saturated heterocycles. The lowest BCUT2D eigenvalue weighted by Crippen LogP contribution is -2.47. The second-order valence-electron chi connectivity index (χ2n) is 3.79. The maximum absolute atomic E-state index is 11.3. The number of carbonyl (C=O) groups is 2. The number of ether oxygens (including phenoxy) is 1. The van der Waals surface area contributed by atoms with Gasteiger partial charge in [0.1, 0.15) is 6.04 Å². The molecule has 5 N–H and O–H groups in total. The third kappa shape index (κ3) is 10.2. The fourth-order valence-electron chi connectivity index (χ4n) is 1.21. The van der Waals surface area contributed by atoms with Crippen LogP contribution in [-0.4, -0.2) is 57.6 Å². The monoisotopic (exact) mass is 297 g/mol. The smallest absolute Gasteiger partial charge is 0.326 e. The highest BCUT2D eigenvalue weighted by Crippen LogP contribution is 1.98. The number of urea groups is 1. The summed E-state index contributed by atoms with van der Waals surface area (Å²) in [5.74, 6) is -1.58. The topological polar surface area (TPSA) is 148 Å². The number of carboxylic acids is 1. The molecule has 10 heteroatoms. The van der Waals surface area contributed by atoms with Crippen molar-refractivity contribution in [1.82, 2.24) is 10.6 Å². The maximum atomic E-state index is 11.3. The third-order valence-corrected chi connectivity index (χ3v) is 2.89. The summed E-state index contributed by atoms with van der Waals surface area (Å²) in [7, 11) is -2.17. The van der Waals surface area contributed by atoms with Crippen LogP contribution in [0.25, 0.3) is 0 Å². The number of rotatable bonds is 9. The van der Waals surface area contributed by atoms with Crippen LogP contribution in [0.4, 0.5) is 4.79 Å². The molecule has 112 valence electrons. The fraction of sp³-hybridized carbons (Fsp3) is 0.778. The van der Waals surface area contributed by atoms with Gasteiger partial charge in [0.25, 0.3) is 0 Å². The molecule has 0 bridgehead atoms. The molecule has 0 aromatic carbocycles. The summed E-state index contributed by atoms with van der Waals surface area (Å²) in [5.41, 5.74) is 0. The van der Waals surface area contributed by atoms with Crippen molar-refractivity contribution in [2.75, 3.05) is 26.0 Å². The molecule has 1 unspecified atom stereocenters. The van der Waals surface area contributed by atoms with E-state index in [2.05, 4.69) is 10.6 Å². The first-order valence-corrected chi connectivity index (χ1v) is 7.24. The lowest BCUT2D eigenvalue weighted by molar-refractivity contribution is -0.139. The van der Waals surface area contributed by atoms with Crippen molar-refractivity contribution in [2.24, 2.45) is 5.14 Å². The van der Waals surface area contributed by atoms with Crippen LogP contribution in [0.1, 0.15) is 12.8 Å². The van der Waals surface area contributed by atoms with Gasteiger partial charge in [-0.1, -0.05) is 0 Å². The molecule has 0 aliphatic rings. The lowest BCUT2D eigenvalue weighted by atomic mass is 10.1. The molecule has 0 saturated carbocycles. The molecule has 1 atom stereocenters. The molecule has 9 nitrogen and oxygen atoms in total. The van der Waals surface area contributed by atoms with Crippen LogP contribution in [0, 0.1) is 0 Å². The molecule has 2 amide bonds. The van der Waals surface area contributed by atoms with E-state index in [-0.39, 0.29) is 13.0 Å². The van der Waals surface area contributed by atoms with Gasteiger partial charge in [0, 0.05) is 20.3 Å². The molecular formula is C9H19N3O6S. The van der Waals surface area contributed by atoms with Gasteiger partial charge < -0.3 is 20.5 Å². The molecule has 0 fully saturated rings. The SMILES string of the molecule is COCCCC(NC(=O)NCCS(N)(=O)=O)C(=O)O. The van der Waals surface area contributed by atoms with Crippen molar-refractivity contribution in [3.8, 4) is 0 Å². The van der Waals surface area contributed by atoms with Crippen LogP contribution in [0.15, 0.2) is 0 Å². The minimum atomic E-state index is -3.66. The molecule has 0 spiro atoms. The number of amides is 2. The first-order valence-electron chi connectivity index (χ1n) is 5.53. The normalized spacial score (nSPS) is 12.7. The summed E-state index contributed by atoms with van der Waals surface area (Å²) in [4.78, 5) is 22.2. The summed E-state index contributed by atoms with van der Waals surface area (Å²) in [6, 6.07) is -1.81. The highest BCUT2D eigenvalue weighted by atomic mass is 32.2. The minimum absolute atomic E-state index is 0.185. The second kappa shape index (κ2) is 8.67. The molecule has 0 aromatic heterocycles. The molecular weight excluding hydrogens is 278 g/mol. The number of hydrogen-bond acceptors (Lipinski definition) is 5. The maximum Gasteiger partial charge on any atom is 0.326 e. The van der Waals surface area contributed by atoms with Gasteiger partial charge in [-0.15, -0.1) is 0 Å². The Bertz CT molecular complexity index is 397. The summed E-state index contributed by atoms with van der Waals surface area (Å²) >= 11 is 0. The number of primary sulfonamides is 1. The zero-order chi connectivity index (χ0) is 14.9. The predicted octanol–water partition coefficient (Wildman–Crippen LogP) is -1.55. The molecule has 0 aromatic rings. The molecule has 0 aliphatic carbocycles. The Labute approximate surface area is 111 Å². The Morgan fingerprint density at radius 3 is 2.53 bits per heavy atom. The fourth-order valence-corrected chi connectivity index (χ4v) is 1.59. The van der Waals surface area contributed by atoms with Crippen LogP contribution in [0.3, 0.4) is 0 Å². The van der Waals surface area contributed by atoms with E-state index in [1.54, 1.807) is 0 Å². The van der Waals surface area contributed by atoms with E-state index >= 15 is 0 Å². The Balaban J connectivity index is 4.06. The molecule has 0 heterocycles. The zero-order valence-corrected chi connectivity index (χ0v) is 11.4. The average molecular weight is 297 g/mol. The van der Waals surface area contributed by atoms with Crippen molar-refractivity contribution in [3.63, 3.8) is 0 Å². The Hall–Kier alpha value is -1.39. The molecule has 0 radical (unpaired) electrons. The standard InChI is InChI=1S/C9H19N3O6S/c1-18-5-2-3-7(8(13)14)12-9(15)11-4-6-19(10,16)17/h7H,2-6H2,1H3,(H,13,14)(H2,10,16,17)(H2,11,12,15). The number of nitrogens with two attached hydrogens (primary N) is 1. The number of carboxylic acid groups (broad SMARTS) is 1. The molecule has 0 aliphatic heterocycles. The first-order chi connectivity index (χ1) is 8.76. The highest BCUT2D eigenvalue weighted by Gasteiger charge is 2.19.